The molecule has 2 N–H and O–H groups in total. The molecule has 164 valence electrons. The monoisotopic (exact) mass is 446 g/mol. The molecule has 0 unspecified atom stereocenters. The van der Waals surface area contributed by atoms with Crippen molar-refractivity contribution >= 4 is 28.1 Å². The number of nitrogens with zero attached hydrogens (tertiary/aromatic N) is 2. The Labute approximate surface area is 190 Å². The van der Waals surface area contributed by atoms with Gasteiger partial charge in [0.25, 0.3) is 5.56 Å². The van der Waals surface area contributed by atoms with Crippen LogP contribution in [0.4, 0.5) is 0 Å². The molecule has 1 amide bonds. The standard InChI is InChI=1S/C25H26N4O2S/c1-3-29(15-22-26-20-8-5-4-7-19(20)25(31)27-22)16-23(30)28-24(21-9-6-14-32-21)18-12-10-17(2)11-13-18/h4-14,24H,3,15-16H2,1-2H3,(H,28,30)(H,26,27,31)/t24-/m1/s1. The zero-order valence-corrected chi connectivity index (χ0v) is 19.0. The van der Waals surface area contributed by atoms with Crippen molar-refractivity contribution in [3.05, 3.63) is 98.2 Å². The molecule has 4 rings (SSSR count). The number of aromatic nitrogens is 2. The molecular weight excluding hydrogens is 420 g/mol. The fourth-order valence-electron chi connectivity index (χ4n) is 3.64. The Bertz CT molecular complexity index is 1250. The van der Waals surface area contributed by atoms with Crippen LogP contribution in [-0.4, -0.2) is 33.9 Å². The molecule has 0 spiro atoms. The first-order chi connectivity index (χ1) is 15.5. The number of nitrogens with one attached hydrogen (secondary N) is 2. The minimum absolute atomic E-state index is 0.0750. The summed E-state index contributed by atoms with van der Waals surface area (Å²) in [6.07, 6.45) is 0. The Morgan fingerprint density at radius 1 is 1.12 bits per heavy atom. The summed E-state index contributed by atoms with van der Waals surface area (Å²) in [5.41, 5.74) is 2.72. The van der Waals surface area contributed by atoms with Gasteiger partial charge < -0.3 is 10.3 Å². The lowest BCUT2D eigenvalue weighted by atomic mass is 10.0. The number of amides is 1. The van der Waals surface area contributed by atoms with Crippen LogP contribution in [0.3, 0.4) is 0 Å². The zero-order valence-electron chi connectivity index (χ0n) is 18.2. The summed E-state index contributed by atoms with van der Waals surface area (Å²) >= 11 is 1.62. The molecule has 0 fully saturated rings. The van der Waals surface area contributed by atoms with E-state index < -0.39 is 0 Å². The first-order valence-electron chi connectivity index (χ1n) is 10.6. The van der Waals surface area contributed by atoms with E-state index in [1.54, 1.807) is 17.4 Å². The topological polar surface area (TPSA) is 78.1 Å². The molecule has 6 nitrogen and oxygen atoms in total. The van der Waals surface area contributed by atoms with Crippen molar-refractivity contribution in [3.8, 4) is 0 Å². The highest BCUT2D eigenvalue weighted by Gasteiger charge is 2.20. The second-order valence-corrected chi connectivity index (χ2v) is 8.74. The summed E-state index contributed by atoms with van der Waals surface area (Å²) in [6, 6.07) is 19.3. The second-order valence-electron chi connectivity index (χ2n) is 7.76. The van der Waals surface area contributed by atoms with Gasteiger partial charge in [0, 0.05) is 4.88 Å². The Hall–Kier alpha value is -3.29. The predicted octanol–water partition coefficient (Wildman–Crippen LogP) is 4.02. The van der Waals surface area contributed by atoms with Crippen LogP contribution < -0.4 is 10.9 Å². The number of fused-ring (bicyclic) bond motifs is 1. The van der Waals surface area contributed by atoms with Crippen molar-refractivity contribution in [1.29, 1.82) is 0 Å². The maximum Gasteiger partial charge on any atom is 0.258 e. The predicted molar refractivity (Wildman–Crippen MR) is 129 cm³/mol. The minimum atomic E-state index is -0.194. The summed E-state index contributed by atoms with van der Waals surface area (Å²) in [7, 11) is 0. The smallest absolute Gasteiger partial charge is 0.258 e. The van der Waals surface area contributed by atoms with Crippen LogP contribution in [0.2, 0.25) is 0 Å². The highest BCUT2D eigenvalue weighted by molar-refractivity contribution is 7.10. The third-order valence-corrected chi connectivity index (χ3v) is 6.33. The Morgan fingerprint density at radius 2 is 1.91 bits per heavy atom. The van der Waals surface area contributed by atoms with Crippen molar-refractivity contribution in [1.82, 2.24) is 20.2 Å². The SMILES string of the molecule is CCN(CC(=O)N[C@H](c1ccc(C)cc1)c1cccs1)Cc1nc2ccccc2c(=O)[nH]1. The number of benzene rings is 2. The molecule has 0 saturated heterocycles. The van der Waals surface area contributed by atoms with Gasteiger partial charge in [0.15, 0.2) is 0 Å². The number of hydrogen-bond donors (Lipinski definition) is 2. The van der Waals surface area contributed by atoms with Crippen LogP contribution >= 0.6 is 11.3 Å². The van der Waals surface area contributed by atoms with Crippen molar-refractivity contribution in [2.75, 3.05) is 13.1 Å². The molecular formula is C25H26N4O2S. The fourth-order valence-corrected chi connectivity index (χ4v) is 4.45. The van der Waals surface area contributed by atoms with E-state index in [1.807, 2.05) is 54.5 Å². The van der Waals surface area contributed by atoms with Gasteiger partial charge in [-0.05, 0) is 42.6 Å². The molecule has 0 aliphatic rings. The largest absolute Gasteiger partial charge is 0.343 e. The number of likely N-dealkylation sites (N-methyl/N-ethyl adjacent to an activating group) is 1. The van der Waals surface area contributed by atoms with E-state index in [2.05, 4.69) is 39.6 Å². The van der Waals surface area contributed by atoms with E-state index in [9.17, 15) is 9.59 Å². The summed E-state index contributed by atoms with van der Waals surface area (Å²) in [5.74, 6) is 0.477. The van der Waals surface area contributed by atoms with E-state index in [-0.39, 0.29) is 24.1 Å². The van der Waals surface area contributed by atoms with Gasteiger partial charge in [0.05, 0.1) is 30.0 Å². The number of rotatable bonds is 8. The van der Waals surface area contributed by atoms with E-state index >= 15 is 0 Å². The minimum Gasteiger partial charge on any atom is -0.343 e. The number of carbonyl (C=O) groups excluding carboxylic acids is 1. The first-order valence-corrected chi connectivity index (χ1v) is 11.5. The van der Waals surface area contributed by atoms with Crippen LogP contribution in [0.5, 0.6) is 0 Å². The van der Waals surface area contributed by atoms with Gasteiger partial charge in [0.2, 0.25) is 5.91 Å². The molecule has 1 atom stereocenters. The zero-order chi connectivity index (χ0) is 22.5. The van der Waals surface area contributed by atoms with Crippen LogP contribution in [-0.2, 0) is 11.3 Å². The number of hydrogen-bond acceptors (Lipinski definition) is 5. The number of carbonyl (C=O) groups is 1. The average molecular weight is 447 g/mol. The highest BCUT2D eigenvalue weighted by atomic mass is 32.1. The molecule has 2 heterocycles. The van der Waals surface area contributed by atoms with Crippen molar-refractivity contribution in [2.45, 2.75) is 26.4 Å². The Balaban J connectivity index is 1.48. The Morgan fingerprint density at radius 3 is 2.62 bits per heavy atom. The number of aryl methyl sites for hydroxylation is 1. The average Bonchev–Trinajstić information content (AvgIpc) is 3.32. The molecule has 0 aliphatic heterocycles. The lowest BCUT2D eigenvalue weighted by molar-refractivity contribution is -0.122. The summed E-state index contributed by atoms with van der Waals surface area (Å²) < 4.78 is 0. The van der Waals surface area contributed by atoms with E-state index in [4.69, 9.17) is 0 Å². The van der Waals surface area contributed by atoms with Crippen molar-refractivity contribution in [2.24, 2.45) is 0 Å². The van der Waals surface area contributed by atoms with Gasteiger partial charge in [-0.1, -0.05) is 55.0 Å². The number of H-pyrrole nitrogens is 1. The van der Waals surface area contributed by atoms with Gasteiger partial charge in [0.1, 0.15) is 5.82 Å². The van der Waals surface area contributed by atoms with E-state index in [0.717, 1.165) is 10.4 Å². The maximum absolute atomic E-state index is 13.0. The van der Waals surface area contributed by atoms with Gasteiger partial charge in [-0.25, -0.2) is 4.98 Å². The molecule has 0 radical (unpaired) electrons. The van der Waals surface area contributed by atoms with E-state index in [1.165, 1.54) is 5.56 Å². The van der Waals surface area contributed by atoms with Gasteiger partial charge in [-0.2, -0.15) is 0 Å². The molecule has 2 aromatic carbocycles. The van der Waals surface area contributed by atoms with Gasteiger partial charge in [-0.15, -0.1) is 11.3 Å². The fraction of sp³-hybridized carbons (Fsp3) is 0.240. The van der Waals surface area contributed by atoms with Crippen molar-refractivity contribution < 1.29 is 4.79 Å². The van der Waals surface area contributed by atoms with Gasteiger partial charge in [-0.3, -0.25) is 14.5 Å². The molecule has 4 aromatic rings. The summed E-state index contributed by atoms with van der Waals surface area (Å²) in [5, 5.41) is 5.76. The molecule has 0 aliphatic carbocycles. The highest BCUT2D eigenvalue weighted by Crippen LogP contribution is 2.26. The summed E-state index contributed by atoms with van der Waals surface area (Å²) in [4.78, 5) is 35.8. The Kier molecular flexibility index (Phi) is 6.78. The molecule has 2 aromatic heterocycles. The van der Waals surface area contributed by atoms with Crippen LogP contribution in [0, 0.1) is 6.92 Å². The third kappa shape index (κ3) is 5.12. The number of para-hydroxylation sites is 1. The van der Waals surface area contributed by atoms with Crippen LogP contribution in [0.25, 0.3) is 10.9 Å². The lowest BCUT2D eigenvalue weighted by Gasteiger charge is -2.23. The first kappa shape index (κ1) is 21.9. The molecule has 7 heteroatoms. The van der Waals surface area contributed by atoms with Crippen LogP contribution in [0.1, 0.15) is 34.8 Å². The number of aromatic amines is 1. The summed E-state index contributed by atoms with van der Waals surface area (Å²) in [6.45, 7) is 5.28. The van der Waals surface area contributed by atoms with Gasteiger partial charge >= 0.3 is 0 Å². The normalized spacial score (nSPS) is 12.2. The quantitative estimate of drug-likeness (QED) is 0.429. The molecule has 0 saturated carbocycles. The third-order valence-electron chi connectivity index (χ3n) is 5.39. The molecule has 32 heavy (non-hydrogen) atoms. The number of thiophene rings is 1. The molecule has 0 bridgehead atoms. The lowest BCUT2D eigenvalue weighted by Crippen LogP contribution is -2.39. The van der Waals surface area contributed by atoms with E-state index in [0.29, 0.717) is 29.8 Å². The van der Waals surface area contributed by atoms with Crippen molar-refractivity contribution in [3.63, 3.8) is 0 Å². The maximum atomic E-state index is 13.0. The second kappa shape index (κ2) is 9.89. The van der Waals surface area contributed by atoms with Crippen LogP contribution in [0.15, 0.2) is 70.8 Å².